The molecule has 0 radical (unpaired) electrons. The van der Waals surface area contributed by atoms with Gasteiger partial charge in [-0.2, -0.15) is 5.10 Å². The number of amidine groups is 1. The van der Waals surface area contributed by atoms with E-state index in [-0.39, 0.29) is 5.84 Å². The van der Waals surface area contributed by atoms with Gasteiger partial charge in [0.1, 0.15) is 5.75 Å². The van der Waals surface area contributed by atoms with E-state index in [4.69, 9.17) is 27.3 Å². The number of nitrogens with two attached hydrogens (primary N) is 1. The van der Waals surface area contributed by atoms with Crippen molar-refractivity contribution in [1.82, 2.24) is 9.78 Å². The fourth-order valence-corrected chi connectivity index (χ4v) is 1.87. The van der Waals surface area contributed by atoms with Crippen LogP contribution in [0.3, 0.4) is 0 Å². The van der Waals surface area contributed by atoms with Gasteiger partial charge in [0.2, 0.25) is 0 Å². The average Bonchev–Trinajstić information content (AvgIpc) is 2.83. The Bertz CT molecular complexity index is 610. The van der Waals surface area contributed by atoms with Crippen LogP contribution in [0.2, 0.25) is 5.02 Å². The summed E-state index contributed by atoms with van der Waals surface area (Å²) in [5.74, 6) is 0.739. The number of methoxy groups -OCH3 is 1. The molecule has 3 N–H and O–H groups in total. The molecule has 0 saturated carbocycles. The number of hydrogen-bond donors (Lipinski definition) is 2. The van der Waals surface area contributed by atoms with Crippen LogP contribution in [-0.4, -0.2) is 27.9 Å². The van der Waals surface area contributed by atoms with Gasteiger partial charge in [0.05, 0.1) is 24.9 Å². The van der Waals surface area contributed by atoms with E-state index in [9.17, 15) is 0 Å². The van der Waals surface area contributed by atoms with Gasteiger partial charge in [-0.1, -0.05) is 16.8 Å². The first kappa shape index (κ1) is 13.2. The Morgan fingerprint density at radius 3 is 2.95 bits per heavy atom. The standard InChI is InChI=1S/C12H13ClN4O2/c1-19-11-3-2-8(12(14)16-18)4-9(11)6-17-7-10(13)5-15-17/h2-5,7,18H,6H2,1H3,(H2,14,16). The minimum absolute atomic E-state index is 0.0439. The number of nitrogens with zero attached hydrogens (tertiary/aromatic N) is 3. The van der Waals surface area contributed by atoms with Crippen molar-refractivity contribution in [2.75, 3.05) is 7.11 Å². The molecule has 19 heavy (non-hydrogen) atoms. The number of benzene rings is 1. The van der Waals surface area contributed by atoms with Crippen molar-refractivity contribution in [2.24, 2.45) is 10.9 Å². The third kappa shape index (κ3) is 2.97. The van der Waals surface area contributed by atoms with Gasteiger partial charge in [-0.3, -0.25) is 4.68 Å². The fraction of sp³-hybridized carbons (Fsp3) is 0.167. The molecule has 0 unspecified atom stereocenters. The summed E-state index contributed by atoms with van der Waals surface area (Å²) in [4.78, 5) is 0. The molecule has 100 valence electrons. The van der Waals surface area contributed by atoms with Gasteiger partial charge < -0.3 is 15.7 Å². The Hall–Kier alpha value is -2.21. The van der Waals surface area contributed by atoms with Gasteiger partial charge in [0, 0.05) is 17.3 Å². The lowest BCUT2D eigenvalue weighted by Crippen LogP contribution is -2.14. The molecule has 0 atom stereocenters. The number of halogens is 1. The Kier molecular flexibility index (Phi) is 3.91. The summed E-state index contributed by atoms with van der Waals surface area (Å²) < 4.78 is 6.95. The minimum atomic E-state index is 0.0439. The summed E-state index contributed by atoms with van der Waals surface area (Å²) >= 11 is 5.82. The zero-order chi connectivity index (χ0) is 13.8. The van der Waals surface area contributed by atoms with Gasteiger partial charge in [-0.25, -0.2) is 0 Å². The molecule has 7 heteroatoms. The zero-order valence-electron chi connectivity index (χ0n) is 10.2. The molecule has 2 rings (SSSR count). The molecule has 1 aromatic carbocycles. The monoisotopic (exact) mass is 280 g/mol. The molecule has 6 nitrogen and oxygen atoms in total. The second-order valence-electron chi connectivity index (χ2n) is 3.87. The van der Waals surface area contributed by atoms with Gasteiger partial charge in [0.15, 0.2) is 5.84 Å². The first-order valence-corrected chi connectivity index (χ1v) is 5.84. The average molecular weight is 281 g/mol. The molecular weight excluding hydrogens is 268 g/mol. The fourth-order valence-electron chi connectivity index (χ4n) is 1.72. The highest BCUT2D eigenvalue weighted by molar-refractivity contribution is 6.30. The smallest absolute Gasteiger partial charge is 0.170 e. The van der Waals surface area contributed by atoms with E-state index in [1.165, 1.54) is 0 Å². The van der Waals surface area contributed by atoms with Gasteiger partial charge in [-0.15, -0.1) is 0 Å². The number of aromatic nitrogens is 2. The summed E-state index contributed by atoms with van der Waals surface area (Å²) in [5, 5.41) is 16.3. The molecule has 0 aliphatic carbocycles. The van der Waals surface area contributed by atoms with Crippen LogP contribution < -0.4 is 10.5 Å². The Balaban J connectivity index is 2.36. The summed E-state index contributed by atoms with van der Waals surface area (Å²) in [6.45, 7) is 0.475. The van der Waals surface area contributed by atoms with Crippen LogP contribution in [0.25, 0.3) is 0 Å². The highest BCUT2D eigenvalue weighted by Crippen LogP contribution is 2.21. The van der Waals surface area contributed by atoms with Crippen molar-refractivity contribution in [2.45, 2.75) is 6.54 Å². The van der Waals surface area contributed by atoms with Crippen LogP contribution in [0.5, 0.6) is 5.75 Å². The van der Waals surface area contributed by atoms with E-state index in [1.807, 2.05) is 0 Å². The van der Waals surface area contributed by atoms with Crippen LogP contribution in [0.15, 0.2) is 35.7 Å². The Labute approximate surface area is 115 Å². The van der Waals surface area contributed by atoms with Gasteiger partial charge in [0.25, 0.3) is 0 Å². The highest BCUT2D eigenvalue weighted by Gasteiger charge is 2.08. The summed E-state index contributed by atoms with van der Waals surface area (Å²) in [5.41, 5.74) is 7.03. The van der Waals surface area contributed by atoms with E-state index >= 15 is 0 Å². The van der Waals surface area contributed by atoms with Crippen molar-refractivity contribution in [3.63, 3.8) is 0 Å². The number of hydrogen-bond acceptors (Lipinski definition) is 4. The van der Waals surface area contributed by atoms with E-state index in [0.717, 1.165) is 5.56 Å². The molecule has 0 fully saturated rings. The summed E-state index contributed by atoms with van der Waals surface area (Å²) in [7, 11) is 1.58. The van der Waals surface area contributed by atoms with Gasteiger partial charge >= 0.3 is 0 Å². The quantitative estimate of drug-likeness (QED) is 0.386. The predicted molar refractivity (Wildman–Crippen MR) is 71.8 cm³/mol. The van der Waals surface area contributed by atoms with Crippen molar-refractivity contribution in [3.8, 4) is 5.75 Å². The highest BCUT2D eigenvalue weighted by atomic mass is 35.5. The normalized spacial score (nSPS) is 11.6. The van der Waals surface area contributed by atoms with Crippen LogP contribution in [-0.2, 0) is 6.54 Å². The van der Waals surface area contributed by atoms with Crippen LogP contribution >= 0.6 is 11.6 Å². The second kappa shape index (κ2) is 5.62. The first-order chi connectivity index (χ1) is 9.13. The van der Waals surface area contributed by atoms with Crippen LogP contribution in [0.1, 0.15) is 11.1 Å². The van der Waals surface area contributed by atoms with Crippen molar-refractivity contribution in [3.05, 3.63) is 46.7 Å². The van der Waals surface area contributed by atoms with Crippen molar-refractivity contribution < 1.29 is 9.94 Å². The number of ether oxygens (including phenoxy) is 1. The first-order valence-electron chi connectivity index (χ1n) is 5.47. The summed E-state index contributed by atoms with van der Waals surface area (Å²) in [6, 6.07) is 5.25. The third-order valence-electron chi connectivity index (χ3n) is 2.62. The maximum atomic E-state index is 8.70. The maximum Gasteiger partial charge on any atom is 0.170 e. The molecule has 1 heterocycles. The molecule has 0 aliphatic heterocycles. The lowest BCUT2D eigenvalue weighted by Gasteiger charge is -2.10. The molecule has 0 spiro atoms. The van der Waals surface area contributed by atoms with E-state index in [1.54, 1.807) is 42.4 Å². The van der Waals surface area contributed by atoms with Crippen LogP contribution in [0, 0.1) is 0 Å². The molecule has 0 amide bonds. The third-order valence-corrected chi connectivity index (χ3v) is 2.81. The molecule has 2 aromatic rings. The summed E-state index contributed by atoms with van der Waals surface area (Å²) in [6.07, 6.45) is 3.26. The van der Waals surface area contributed by atoms with E-state index in [0.29, 0.717) is 22.9 Å². The predicted octanol–water partition coefficient (Wildman–Crippen LogP) is 1.69. The minimum Gasteiger partial charge on any atom is -0.496 e. The van der Waals surface area contributed by atoms with Crippen molar-refractivity contribution >= 4 is 17.4 Å². The Morgan fingerprint density at radius 2 is 2.37 bits per heavy atom. The zero-order valence-corrected chi connectivity index (χ0v) is 11.0. The SMILES string of the molecule is COc1ccc(/C(N)=N/O)cc1Cn1cc(Cl)cn1. The van der Waals surface area contributed by atoms with E-state index in [2.05, 4.69) is 10.3 Å². The lowest BCUT2D eigenvalue weighted by molar-refractivity contribution is 0.318. The lowest BCUT2D eigenvalue weighted by atomic mass is 10.1. The molecule has 0 bridgehead atoms. The Morgan fingerprint density at radius 1 is 1.58 bits per heavy atom. The topological polar surface area (TPSA) is 85.7 Å². The molecule has 0 saturated heterocycles. The number of rotatable bonds is 4. The second-order valence-corrected chi connectivity index (χ2v) is 4.30. The largest absolute Gasteiger partial charge is 0.496 e. The van der Waals surface area contributed by atoms with Crippen LogP contribution in [0.4, 0.5) is 0 Å². The molecular formula is C12H13ClN4O2. The van der Waals surface area contributed by atoms with Crippen molar-refractivity contribution in [1.29, 1.82) is 0 Å². The molecule has 1 aromatic heterocycles. The van der Waals surface area contributed by atoms with Gasteiger partial charge in [-0.05, 0) is 18.2 Å². The van der Waals surface area contributed by atoms with E-state index < -0.39 is 0 Å². The maximum absolute atomic E-state index is 8.70. The number of oxime groups is 1. The molecule has 0 aliphatic rings.